The number of halogens is 1. The summed E-state index contributed by atoms with van der Waals surface area (Å²) < 4.78 is 29.4. The normalized spacial score (nSPS) is 30.3. The van der Waals surface area contributed by atoms with Crippen LogP contribution in [0.5, 0.6) is 0 Å². The number of sulfone groups is 1. The molecule has 0 bridgehead atoms. The van der Waals surface area contributed by atoms with Gasteiger partial charge in [-0.2, -0.15) is 0 Å². The molecule has 2 N–H and O–H groups in total. The molecule has 0 heterocycles. The molecule has 0 radical (unpaired) electrons. The predicted octanol–water partition coefficient (Wildman–Crippen LogP) is 1.58. The second kappa shape index (κ2) is 5.05. The number of rotatable bonds is 5. The van der Waals surface area contributed by atoms with Gasteiger partial charge in [-0.05, 0) is 17.7 Å². The van der Waals surface area contributed by atoms with Crippen molar-refractivity contribution in [2.24, 2.45) is 5.73 Å². The molecule has 0 spiro atoms. The molecule has 19 heavy (non-hydrogen) atoms. The fraction of sp³-hybridized carbons (Fsp3) is 0.538. The van der Waals surface area contributed by atoms with Gasteiger partial charge in [0.15, 0.2) is 9.84 Å². The highest BCUT2D eigenvalue weighted by molar-refractivity contribution is 7.92. The summed E-state index contributed by atoms with van der Waals surface area (Å²) in [7, 11) is -1.69. The maximum atomic E-state index is 12.2. The van der Waals surface area contributed by atoms with Crippen LogP contribution >= 0.6 is 11.6 Å². The number of nitrogens with two attached hydrogens (primary N) is 1. The fourth-order valence-electron chi connectivity index (χ4n) is 2.75. The van der Waals surface area contributed by atoms with Crippen LogP contribution in [0.15, 0.2) is 24.3 Å². The molecule has 0 amide bonds. The van der Waals surface area contributed by atoms with E-state index in [1.54, 1.807) is 25.1 Å². The zero-order valence-corrected chi connectivity index (χ0v) is 12.5. The fourth-order valence-corrected chi connectivity index (χ4v) is 4.94. The summed E-state index contributed by atoms with van der Waals surface area (Å²) in [6.45, 7) is 1.85. The van der Waals surface area contributed by atoms with E-state index >= 15 is 0 Å². The maximum Gasteiger partial charge on any atom is 0.155 e. The summed E-state index contributed by atoms with van der Waals surface area (Å²) in [6, 6.07) is 7.19. The minimum atomic E-state index is -3.21. The van der Waals surface area contributed by atoms with E-state index in [2.05, 4.69) is 0 Å². The molecule has 1 fully saturated rings. The quantitative estimate of drug-likeness (QED) is 0.897. The van der Waals surface area contributed by atoms with E-state index in [-0.39, 0.29) is 18.3 Å². The maximum absolute atomic E-state index is 12.2. The van der Waals surface area contributed by atoms with E-state index in [9.17, 15) is 8.42 Å². The Kier molecular flexibility index (Phi) is 3.93. The number of ether oxygens (including phenoxy) is 1. The molecular formula is C13H18ClNO3S. The molecular weight excluding hydrogens is 286 g/mol. The van der Waals surface area contributed by atoms with Crippen LogP contribution in [0.2, 0.25) is 5.02 Å². The van der Waals surface area contributed by atoms with Crippen LogP contribution in [0.25, 0.3) is 0 Å². The number of hydrogen-bond acceptors (Lipinski definition) is 4. The second-order valence-electron chi connectivity index (χ2n) is 4.95. The first-order valence-electron chi connectivity index (χ1n) is 6.11. The molecule has 1 saturated carbocycles. The zero-order chi connectivity index (χ0) is 14.3. The lowest BCUT2D eigenvalue weighted by molar-refractivity contribution is 0.171. The highest BCUT2D eigenvalue weighted by Gasteiger charge is 2.68. The van der Waals surface area contributed by atoms with Crippen LogP contribution in [-0.2, 0) is 14.6 Å². The first kappa shape index (κ1) is 14.8. The van der Waals surface area contributed by atoms with Crippen LogP contribution in [0.1, 0.15) is 18.4 Å². The molecule has 4 nitrogen and oxygen atoms in total. The highest BCUT2D eigenvalue weighted by atomic mass is 35.5. The Hall–Kier alpha value is -0.620. The Bertz CT molecular complexity index is 575. The van der Waals surface area contributed by atoms with Crippen molar-refractivity contribution in [3.8, 4) is 0 Å². The third-order valence-corrected chi connectivity index (χ3v) is 6.22. The van der Waals surface area contributed by atoms with Gasteiger partial charge in [-0.3, -0.25) is 0 Å². The van der Waals surface area contributed by atoms with Gasteiger partial charge in [-0.1, -0.05) is 30.7 Å². The second-order valence-corrected chi connectivity index (χ2v) is 7.80. The summed E-state index contributed by atoms with van der Waals surface area (Å²) in [4.78, 5) is 0. The summed E-state index contributed by atoms with van der Waals surface area (Å²) >= 11 is 5.96. The summed E-state index contributed by atoms with van der Waals surface area (Å²) in [6.07, 6.45) is 0. The molecule has 0 saturated heterocycles. The summed E-state index contributed by atoms with van der Waals surface area (Å²) in [5, 5.41) is -0.0137. The Labute approximate surface area is 118 Å². The van der Waals surface area contributed by atoms with Crippen LogP contribution < -0.4 is 5.73 Å². The van der Waals surface area contributed by atoms with Crippen molar-refractivity contribution < 1.29 is 13.2 Å². The molecule has 0 unspecified atom stereocenters. The molecule has 6 heteroatoms. The van der Waals surface area contributed by atoms with Crippen molar-refractivity contribution in [3.63, 3.8) is 0 Å². The third-order valence-electron chi connectivity index (χ3n) is 3.69. The van der Waals surface area contributed by atoms with Gasteiger partial charge in [0, 0.05) is 23.8 Å². The average Bonchev–Trinajstić information content (AvgIpc) is 2.96. The van der Waals surface area contributed by atoms with Gasteiger partial charge in [-0.25, -0.2) is 8.42 Å². The summed E-state index contributed by atoms with van der Waals surface area (Å²) in [5.41, 5.74) is 6.24. The summed E-state index contributed by atoms with van der Waals surface area (Å²) in [5.74, 6) is -0.173. The first-order valence-corrected chi connectivity index (χ1v) is 8.21. The van der Waals surface area contributed by atoms with E-state index in [0.29, 0.717) is 5.02 Å². The Balaban J connectivity index is 2.39. The molecule has 1 aliphatic rings. The number of benzene rings is 1. The van der Waals surface area contributed by atoms with E-state index < -0.39 is 20.6 Å². The van der Waals surface area contributed by atoms with Crippen molar-refractivity contribution in [1.29, 1.82) is 0 Å². The van der Waals surface area contributed by atoms with Crippen molar-refractivity contribution >= 4 is 21.4 Å². The van der Waals surface area contributed by atoms with Crippen LogP contribution in [0.3, 0.4) is 0 Å². The van der Waals surface area contributed by atoms with Gasteiger partial charge in [0.1, 0.15) is 0 Å². The molecule has 1 aromatic carbocycles. The van der Waals surface area contributed by atoms with Gasteiger partial charge in [0.25, 0.3) is 0 Å². The van der Waals surface area contributed by atoms with E-state index in [1.165, 1.54) is 7.11 Å². The third kappa shape index (κ3) is 2.52. The lowest BCUT2D eigenvalue weighted by atomic mass is 10.1. The standard InChI is InChI=1S/C13H18ClNO3S/c1-3-19(16,17)12-11(13(12,15)8-18-2)9-5-4-6-10(14)7-9/h4-7,11-12H,3,8,15H2,1-2H3/t11-,12-,13+/m1/s1. The lowest BCUT2D eigenvalue weighted by Gasteiger charge is -2.10. The Morgan fingerprint density at radius 2 is 2.16 bits per heavy atom. The van der Waals surface area contributed by atoms with E-state index in [4.69, 9.17) is 22.1 Å². The zero-order valence-electron chi connectivity index (χ0n) is 11.0. The molecule has 1 aliphatic carbocycles. The molecule has 0 aliphatic heterocycles. The van der Waals surface area contributed by atoms with Gasteiger partial charge >= 0.3 is 0 Å². The number of methoxy groups -OCH3 is 1. The van der Waals surface area contributed by atoms with Crippen molar-refractivity contribution in [3.05, 3.63) is 34.9 Å². The molecule has 106 valence electrons. The SMILES string of the molecule is CCS(=O)(=O)[C@@H]1[C@@H](c2cccc(Cl)c2)[C@@]1(N)COC. The first-order chi connectivity index (χ1) is 8.86. The smallest absolute Gasteiger partial charge is 0.155 e. The van der Waals surface area contributed by atoms with Gasteiger partial charge < -0.3 is 10.5 Å². The monoisotopic (exact) mass is 303 g/mol. The molecule has 2 rings (SSSR count). The molecule has 3 atom stereocenters. The van der Waals surface area contributed by atoms with Gasteiger partial charge in [0.2, 0.25) is 0 Å². The predicted molar refractivity (Wildman–Crippen MR) is 76.2 cm³/mol. The number of hydrogen-bond donors (Lipinski definition) is 1. The van der Waals surface area contributed by atoms with Crippen molar-refractivity contribution in [2.75, 3.05) is 19.5 Å². The van der Waals surface area contributed by atoms with Crippen molar-refractivity contribution in [2.45, 2.75) is 23.6 Å². The largest absolute Gasteiger partial charge is 0.383 e. The van der Waals surface area contributed by atoms with Crippen LogP contribution in [0.4, 0.5) is 0 Å². The lowest BCUT2D eigenvalue weighted by Crippen LogP contribution is -2.36. The van der Waals surface area contributed by atoms with E-state index in [1.807, 2.05) is 6.07 Å². The Morgan fingerprint density at radius 1 is 1.47 bits per heavy atom. The van der Waals surface area contributed by atoms with Crippen LogP contribution in [-0.4, -0.2) is 38.7 Å². The minimum Gasteiger partial charge on any atom is -0.383 e. The Morgan fingerprint density at radius 3 is 2.68 bits per heavy atom. The topological polar surface area (TPSA) is 69.4 Å². The van der Waals surface area contributed by atoms with E-state index in [0.717, 1.165) is 5.56 Å². The molecule has 1 aromatic rings. The highest BCUT2D eigenvalue weighted by Crippen LogP contribution is 2.54. The average molecular weight is 304 g/mol. The molecule has 0 aromatic heterocycles. The van der Waals surface area contributed by atoms with Gasteiger partial charge in [0.05, 0.1) is 17.4 Å². The van der Waals surface area contributed by atoms with Crippen molar-refractivity contribution in [1.82, 2.24) is 0 Å². The van der Waals surface area contributed by atoms with Gasteiger partial charge in [-0.15, -0.1) is 0 Å². The minimum absolute atomic E-state index is 0.0808. The van der Waals surface area contributed by atoms with Crippen LogP contribution in [0, 0.1) is 0 Å².